The van der Waals surface area contributed by atoms with Gasteiger partial charge in [0.2, 0.25) is 0 Å². The summed E-state index contributed by atoms with van der Waals surface area (Å²) in [6, 6.07) is 10.1. The molecular weight excluding hydrogens is 280 g/mol. The highest BCUT2D eigenvalue weighted by Crippen LogP contribution is 2.29. The molecule has 2 N–H and O–H groups in total. The molecular formula is C17H26N2OS. The van der Waals surface area contributed by atoms with Crippen LogP contribution in [0.2, 0.25) is 0 Å². The van der Waals surface area contributed by atoms with E-state index in [-0.39, 0.29) is 0 Å². The SMILES string of the molecule is CSc1ccc(CNC2CCCC2C2COCCN2)cc1. The standard InChI is InChI=1S/C17H26N2OS/c1-21-14-7-5-13(6-8-14)11-19-16-4-2-3-15(16)17-12-20-10-9-18-17/h5-8,15-19H,2-4,9-12H2,1H3. The van der Waals surface area contributed by atoms with Gasteiger partial charge < -0.3 is 15.4 Å². The summed E-state index contributed by atoms with van der Waals surface area (Å²) in [5, 5.41) is 7.42. The molecule has 1 aromatic carbocycles. The highest BCUT2D eigenvalue weighted by Gasteiger charge is 2.34. The third-order valence-electron chi connectivity index (χ3n) is 4.76. The average Bonchev–Trinajstić information content (AvgIpc) is 3.03. The Morgan fingerprint density at radius 2 is 2.14 bits per heavy atom. The monoisotopic (exact) mass is 306 g/mol. The average molecular weight is 306 g/mol. The Balaban J connectivity index is 1.53. The summed E-state index contributed by atoms with van der Waals surface area (Å²) in [6.45, 7) is 3.72. The van der Waals surface area contributed by atoms with Crippen molar-refractivity contribution in [1.82, 2.24) is 10.6 Å². The number of thioether (sulfide) groups is 1. The highest BCUT2D eigenvalue weighted by molar-refractivity contribution is 7.98. The minimum atomic E-state index is 0.539. The van der Waals surface area contributed by atoms with E-state index in [0.717, 1.165) is 32.2 Å². The van der Waals surface area contributed by atoms with Crippen LogP contribution in [0.1, 0.15) is 24.8 Å². The molecule has 1 aliphatic carbocycles. The molecule has 0 spiro atoms. The topological polar surface area (TPSA) is 33.3 Å². The number of benzene rings is 1. The molecule has 0 aromatic heterocycles. The van der Waals surface area contributed by atoms with Crippen molar-refractivity contribution in [3.8, 4) is 0 Å². The Morgan fingerprint density at radius 1 is 1.29 bits per heavy atom. The molecule has 3 atom stereocenters. The van der Waals surface area contributed by atoms with E-state index in [1.54, 1.807) is 11.8 Å². The Kier molecular flexibility index (Phi) is 5.58. The lowest BCUT2D eigenvalue weighted by Crippen LogP contribution is -2.50. The van der Waals surface area contributed by atoms with Gasteiger partial charge in [0.15, 0.2) is 0 Å². The second kappa shape index (κ2) is 7.63. The third-order valence-corrected chi connectivity index (χ3v) is 5.51. The number of nitrogens with one attached hydrogen (secondary N) is 2. The summed E-state index contributed by atoms with van der Waals surface area (Å²) in [5.41, 5.74) is 1.38. The van der Waals surface area contributed by atoms with Crippen molar-refractivity contribution in [1.29, 1.82) is 0 Å². The van der Waals surface area contributed by atoms with Crippen LogP contribution in [0.3, 0.4) is 0 Å². The first-order chi connectivity index (χ1) is 10.4. The molecule has 1 aliphatic heterocycles. The first-order valence-corrected chi connectivity index (χ1v) is 9.27. The van der Waals surface area contributed by atoms with Crippen LogP contribution < -0.4 is 10.6 Å². The van der Waals surface area contributed by atoms with E-state index in [1.165, 1.54) is 29.7 Å². The molecule has 0 bridgehead atoms. The van der Waals surface area contributed by atoms with Crippen molar-refractivity contribution in [2.24, 2.45) is 5.92 Å². The smallest absolute Gasteiger partial charge is 0.0623 e. The van der Waals surface area contributed by atoms with Gasteiger partial charge in [-0.05, 0) is 42.7 Å². The first kappa shape index (κ1) is 15.3. The molecule has 4 heteroatoms. The molecule has 3 nitrogen and oxygen atoms in total. The van der Waals surface area contributed by atoms with Gasteiger partial charge in [-0.1, -0.05) is 18.6 Å². The summed E-state index contributed by atoms with van der Waals surface area (Å²) < 4.78 is 5.64. The van der Waals surface area contributed by atoms with E-state index in [0.29, 0.717) is 12.1 Å². The van der Waals surface area contributed by atoms with E-state index in [2.05, 4.69) is 41.2 Å². The number of hydrogen-bond donors (Lipinski definition) is 2. The lowest BCUT2D eigenvalue weighted by molar-refractivity contribution is 0.0524. The number of ether oxygens (including phenoxy) is 1. The molecule has 2 fully saturated rings. The van der Waals surface area contributed by atoms with Crippen molar-refractivity contribution >= 4 is 11.8 Å². The lowest BCUT2D eigenvalue weighted by atomic mass is 9.94. The van der Waals surface area contributed by atoms with Gasteiger partial charge in [0.05, 0.1) is 13.2 Å². The molecule has 21 heavy (non-hydrogen) atoms. The summed E-state index contributed by atoms with van der Waals surface area (Å²) in [4.78, 5) is 1.33. The van der Waals surface area contributed by atoms with Gasteiger partial charge in [-0.2, -0.15) is 0 Å². The summed E-state index contributed by atoms with van der Waals surface area (Å²) >= 11 is 1.80. The van der Waals surface area contributed by atoms with Crippen molar-refractivity contribution in [3.05, 3.63) is 29.8 Å². The molecule has 1 aromatic rings. The van der Waals surface area contributed by atoms with Gasteiger partial charge in [0.1, 0.15) is 0 Å². The fourth-order valence-corrected chi connectivity index (χ4v) is 3.99. The van der Waals surface area contributed by atoms with Gasteiger partial charge in [0.25, 0.3) is 0 Å². The van der Waals surface area contributed by atoms with Gasteiger partial charge >= 0.3 is 0 Å². The molecule has 1 saturated carbocycles. The van der Waals surface area contributed by atoms with Crippen LogP contribution in [0.25, 0.3) is 0 Å². The van der Waals surface area contributed by atoms with Gasteiger partial charge in [-0.3, -0.25) is 0 Å². The van der Waals surface area contributed by atoms with Gasteiger partial charge in [0, 0.05) is 30.1 Å². The Morgan fingerprint density at radius 3 is 2.86 bits per heavy atom. The van der Waals surface area contributed by atoms with Gasteiger partial charge in [-0.25, -0.2) is 0 Å². The van der Waals surface area contributed by atoms with Crippen molar-refractivity contribution in [3.63, 3.8) is 0 Å². The molecule has 0 radical (unpaired) electrons. The van der Waals surface area contributed by atoms with Crippen LogP contribution in [0, 0.1) is 5.92 Å². The van der Waals surface area contributed by atoms with Crippen molar-refractivity contribution in [2.45, 2.75) is 42.8 Å². The largest absolute Gasteiger partial charge is 0.379 e. The van der Waals surface area contributed by atoms with Gasteiger partial charge in [-0.15, -0.1) is 11.8 Å². The minimum absolute atomic E-state index is 0.539. The maximum atomic E-state index is 5.64. The molecule has 3 rings (SSSR count). The van der Waals surface area contributed by atoms with E-state index in [9.17, 15) is 0 Å². The van der Waals surface area contributed by atoms with Crippen LogP contribution in [0.15, 0.2) is 29.2 Å². The van der Waals surface area contributed by atoms with E-state index in [4.69, 9.17) is 4.74 Å². The third kappa shape index (κ3) is 4.01. The second-order valence-corrected chi connectivity index (χ2v) is 6.95. The summed E-state index contributed by atoms with van der Waals surface area (Å²) in [6.07, 6.45) is 6.08. The number of hydrogen-bond acceptors (Lipinski definition) is 4. The number of morpholine rings is 1. The zero-order valence-electron chi connectivity index (χ0n) is 12.8. The van der Waals surface area contributed by atoms with Crippen molar-refractivity contribution in [2.75, 3.05) is 26.0 Å². The molecule has 2 aliphatic rings. The minimum Gasteiger partial charge on any atom is -0.379 e. The fourth-order valence-electron chi connectivity index (χ4n) is 3.58. The van der Waals surface area contributed by atoms with Crippen LogP contribution in [0.5, 0.6) is 0 Å². The molecule has 3 unspecified atom stereocenters. The quantitative estimate of drug-likeness (QED) is 0.820. The zero-order chi connectivity index (χ0) is 14.5. The van der Waals surface area contributed by atoms with Crippen LogP contribution in [-0.4, -0.2) is 38.1 Å². The van der Waals surface area contributed by atoms with E-state index < -0.39 is 0 Å². The Hall–Kier alpha value is -0.550. The molecule has 0 amide bonds. The zero-order valence-corrected chi connectivity index (χ0v) is 13.6. The fraction of sp³-hybridized carbons (Fsp3) is 0.647. The first-order valence-electron chi connectivity index (χ1n) is 8.04. The Bertz CT molecular complexity index is 431. The predicted octanol–water partition coefficient (Wildman–Crippen LogP) is 2.66. The highest BCUT2D eigenvalue weighted by atomic mass is 32.2. The van der Waals surface area contributed by atoms with E-state index >= 15 is 0 Å². The van der Waals surface area contributed by atoms with Crippen LogP contribution in [0.4, 0.5) is 0 Å². The maximum Gasteiger partial charge on any atom is 0.0623 e. The maximum absolute atomic E-state index is 5.64. The van der Waals surface area contributed by atoms with E-state index in [1.807, 2.05) is 0 Å². The van der Waals surface area contributed by atoms with Crippen LogP contribution >= 0.6 is 11.8 Å². The summed E-state index contributed by atoms with van der Waals surface area (Å²) in [5.74, 6) is 0.718. The second-order valence-electron chi connectivity index (χ2n) is 6.07. The van der Waals surface area contributed by atoms with Crippen LogP contribution in [-0.2, 0) is 11.3 Å². The molecule has 116 valence electrons. The normalized spacial score (nSPS) is 29.7. The Labute approximate surface area is 132 Å². The molecule has 1 saturated heterocycles. The number of rotatable bonds is 5. The predicted molar refractivity (Wildman–Crippen MR) is 88.8 cm³/mol. The summed E-state index contributed by atoms with van der Waals surface area (Å²) in [7, 11) is 0. The van der Waals surface area contributed by atoms with Crippen molar-refractivity contribution < 1.29 is 4.74 Å². The lowest BCUT2D eigenvalue weighted by Gasteiger charge is -2.33. The molecule has 1 heterocycles.